The van der Waals surface area contributed by atoms with Gasteiger partial charge in [-0.1, -0.05) is 0 Å². The van der Waals surface area contributed by atoms with Gasteiger partial charge in [0.2, 0.25) is 0 Å². The molecule has 13 heavy (non-hydrogen) atoms. The molecular weight excluding hydrogens is 246 g/mol. The van der Waals surface area contributed by atoms with Crippen molar-refractivity contribution in [1.29, 1.82) is 0 Å². The van der Waals surface area contributed by atoms with Gasteiger partial charge in [0.1, 0.15) is 0 Å². The zero-order valence-corrected chi connectivity index (χ0v) is 8.05. The van der Waals surface area contributed by atoms with Crippen molar-refractivity contribution in [1.82, 2.24) is 4.98 Å². The van der Waals surface area contributed by atoms with Gasteiger partial charge in [-0.05, 0) is 15.9 Å². The third-order valence-corrected chi connectivity index (χ3v) is 2.41. The number of nitrogens with zero attached hydrogens (tertiary/aromatic N) is 1. The smallest absolute Gasteiger partial charge is 0.266 e. The zero-order chi connectivity index (χ0) is 10.0. The fraction of sp³-hybridized carbons (Fsp3) is 0.286. The fourth-order valence-corrected chi connectivity index (χ4v) is 1.41. The Hall–Kier alpha value is -0.750. The highest BCUT2D eigenvalue weighted by Gasteiger charge is 2.19. The standard InChI is InChI=1S/C7H7BrF2N2O/c8-6-3(11)1-12-4(2-13)5(6)7(9)10/h1,7,13H,2,11H2. The van der Waals surface area contributed by atoms with E-state index in [-0.39, 0.29) is 21.4 Å². The number of aliphatic hydroxyl groups is 1. The number of hydrogen-bond acceptors (Lipinski definition) is 3. The first-order valence-electron chi connectivity index (χ1n) is 3.39. The first-order valence-corrected chi connectivity index (χ1v) is 4.19. The van der Waals surface area contributed by atoms with E-state index in [1.54, 1.807) is 0 Å². The molecule has 1 rings (SSSR count). The van der Waals surface area contributed by atoms with E-state index in [1.807, 2.05) is 0 Å². The summed E-state index contributed by atoms with van der Waals surface area (Å²) in [6.07, 6.45) is -1.48. The molecule has 0 unspecified atom stereocenters. The van der Waals surface area contributed by atoms with Crippen LogP contribution in [0.25, 0.3) is 0 Å². The Morgan fingerprint density at radius 2 is 2.23 bits per heavy atom. The fourth-order valence-electron chi connectivity index (χ4n) is 0.904. The van der Waals surface area contributed by atoms with Gasteiger partial charge in [-0.2, -0.15) is 0 Å². The topological polar surface area (TPSA) is 59.1 Å². The largest absolute Gasteiger partial charge is 0.397 e. The third-order valence-electron chi connectivity index (χ3n) is 1.53. The number of aromatic nitrogens is 1. The number of halogens is 3. The number of anilines is 1. The Labute approximate surface area is 81.7 Å². The maximum atomic E-state index is 12.4. The second-order valence-electron chi connectivity index (χ2n) is 2.35. The first-order chi connectivity index (χ1) is 6.07. The molecule has 1 aromatic rings. The normalized spacial score (nSPS) is 10.8. The van der Waals surface area contributed by atoms with E-state index >= 15 is 0 Å². The van der Waals surface area contributed by atoms with Crippen molar-refractivity contribution in [3.8, 4) is 0 Å². The van der Waals surface area contributed by atoms with Crippen molar-refractivity contribution in [2.45, 2.75) is 13.0 Å². The third kappa shape index (κ3) is 1.94. The summed E-state index contributed by atoms with van der Waals surface area (Å²) in [7, 11) is 0. The average molecular weight is 253 g/mol. The summed E-state index contributed by atoms with van der Waals surface area (Å²) in [5.74, 6) is 0. The van der Waals surface area contributed by atoms with Crippen LogP contribution in [-0.4, -0.2) is 10.1 Å². The Kier molecular flexibility index (Phi) is 3.16. The van der Waals surface area contributed by atoms with E-state index in [4.69, 9.17) is 10.8 Å². The van der Waals surface area contributed by atoms with Crippen LogP contribution in [0.5, 0.6) is 0 Å². The molecule has 3 nitrogen and oxygen atoms in total. The van der Waals surface area contributed by atoms with Crippen LogP contribution in [0.15, 0.2) is 10.7 Å². The minimum atomic E-state index is -2.70. The van der Waals surface area contributed by atoms with Crippen molar-refractivity contribution in [2.24, 2.45) is 0 Å². The second kappa shape index (κ2) is 3.97. The van der Waals surface area contributed by atoms with Gasteiger partial charge >= 0.3 is 0 Å². The lowest BCUT2D eigenvalue weighted by Crippen LogP contribution is -2.02. The molecule has 1 heterocycles. The van der Waals surface area contributed by atoms with Crippen molar-refractivity contribution in [3.63, 3.8) is 0 Å². The Balaban J connectivity index is 3.32. The lowest BCUT2D eigenvalue weighted by molar-refractivity contribution is 0.145. The molecule has 3 N–H and O–H groups in total. The summed E-state index contributed by atoms with van der Waals surface area (Å²) in [5.41, 5.74) is 5.09. The van der Waals surface area contributed by atoms with Crippen LogP contribution < -0.4 is 5.73 Å². The van der Waals surface area contributed by atoms with E-state index in [0.717, 1.165) is 0 Å². The number of nitrogens with two attached hydrogens (primary N) is 1. The molecule has 0 atom stereocenters. The van der Waals surface area contributed by atoms with Gasteiger partial charge in [0.05, 0.1) is 34.2 Å². The number of nitrogen functional groups attached to an aromatic ring is 1. The van der Waals surface area contributed by atoms with Gasteiger partial charge in [-0.15, -0.1) is 0 Å². The van der Waals surface area contributed by atoms with Gasteiger partial charge < -0.3 is 10.8 Å². The summed E-state index contributed by atoms with van der Waals surface area (Å²) in [6.45, 7) is -0.529. The van der Waals surface area contributed by atoms with Gasteiger partial charge in [-0.3, -0.25) is 4.98 Å². The van der Waals surface area contributed by atoms with Crippen LogP contribution in [0.2, 0.25) is 0 Å². The summed E-state index contributed by atoms with van der Waals surface area (Å²) in [4.78, 5) is 3.59. The van der Waals surface area contributed by atoms with E-state index in [1.165, 1.54) is 6.20 Å². The van der Waals surface area contributed by atoms with Crippen LogP contribution in [0.1, 0.15) is 17.7 Å². The highest BCUT2D eigenvalue weighted by molar-refractivity contribution is 9.10. The average Bonchev–Trinajstić information content (AvgIpc) is 2.08. The van der Waals surface area contributed by atoms with Crippen LogP contribution in [0.4, 0.5) is 14.5 Å². The SMILES string of the molecule is Nc1cnc(CO)c(C(F)F)c1Br. The van der Waals surface area contributed by atoms with E-state index < -0.39 is 13.0 Å². The summed E-state index contributed by atoms with van der Waals surface area (Å²) in [5, 5.41) is 8.73. The van der Waals surface area contributed by atoms with Crippen LogP contribution >= 0.6 is 15.9 Å². The molecule has 0 saturated carbocycles. The zero-order valence-electron chi connectivity index (χ0n) is 6.47. The molecule has 0 bridgehead atoms. The number of pyridine rings is 1. The second-order valence-corrected chi connectivity index (χ2v) is 3.14. The molecule has 0 aliphatic carbocycles. The number of rotatable bonds is 2. The highest BCUT2D eigenvalue weighted by Crippen LogP contribution is 2.33. The molecule has 0 spiro atoms. The minimum Gasteiger partial charge on any atom is -0.397 e. The van der Waals surface area contributed by atoms with Gasteiger partial charge in [0.15, 0.2) is 0 Å². The summed E-state index contributed by atoms with van der Waals surface area (Å²) in [6, 6.07) is 0. The maximum Gasteiger partial charge on any atom is 0.266 e. The predicted molar refractivity (Wildman–Crippen MR) is 47.2 cm³/mol. The van der Waals surface area contributed by atoms with Crippen LogP contribution in [0.3, 0.4) is 0 Å². The Morgan fingerprint density at radius 1 is 1.62 bits per heavy atom. The number of aliphatic hydroxyl groups excluding tert-OH is 1. The Bertz CT molecular complexity index is 320. The molecule has 72 valence electrons. The minimum absolute atomic E-state index is 0.0592. The first kappa shape index (κ1) is 10.3. The summed E-state index contributed by atoms with van der Waals surface area (Å²) < 4.78 is 24.9. The van der Waals surface area contributed by atoms with Crippen LogP contribution in [0, 0.1) is 0 Å². The molecule has 0 aliphatic rings. The van der Waals surface area contributed by atoms with Crippen molar-refractivity contribution in [2.75, 3.05) is 5.73 Å². The van der Waals surface area contributed by atoms with E-state index in [2.05, 4.69) is 20.9 Å². The molecule has 0 fully saturated rings. The molecule has 0 radical (unpaired) electrons. The predicted octanol–water partition coefficient (Wildman–Crippen LogP) is 1.86. The van der Waals surface area contributed by atoms with Gasteiger partial charge in [0.25, 0.3) is 6.43 Å². The highest BCUT2D eigenvalue weighted by atomic mass is 79.9. The van der Waals surface area contributed by atoms with Gasteiger partial charge in [-0.25, -0.2) is 8.78 Å². The Morgan fingerprint density at radius 3 is 2.69 bits per heavy atom. The molecule has 0 saturated heterocycles. The lowest BCUT2D eigenvalue weighted by Gasteiger charge is -2.09. The number of alkyl halides is 2. The summed E-state index contributed by atoms with van der Waals surface area (Å²) >= 11 is 2.92. The number of hydrogen-bond donors (Lipinski definition) is 2. The molecule has 6 heteroatoms. The van der Waals surface area contributed by atoms with Crippen molar-refractivity contribution in [3.05, 3.63) is 21.9 Å². The van der Waals surface area contributed by atoms with E-state index in [0.29, 0.717) is 0 Å². The molecule has 0 aromatic carbocycles. The van der Waals surface area contributed by atoms with E-state index in [9.17, 15) is 8.78 Å². The quantitative estimate of drug-likeness (QED) is 0.845. The van der Waals surface area contributed by atoms with Crippen molar-refractivity contribution >= 4 is 21.6 Å². The maximum absolute atomic E-state index is 12.4. The van der Waals surface area contributed by atoms with Crippen LogP contribution in [-0.2, 0) is 6.61 Å². The van der Waals surface area contributed by atoms with Gasteiger partial charge in [0, 0.05) is 0 Å². The monoisotopic (exact) mass is 252 g/mol. The lowest BCUT2D eigenvalue weighted by atomic mass is 10.2. The molecule has 0 aliphatic heterocycles. The molecular formula is C7H7BrF2N2O. The molecule has 0 amide bonds. The van der Waals surface area contributed by atoms with Crippen molar-refractivity contribution < 1.29 is 13.9 Å². The molecule has 1 aromatic heterocycles.